The highest BCUT2D eigenvalue weighted by molar-refractivity contribution is 5.17. The van der Waals surface area contributed by atoms with Gasteiger partial charge in [-0.2, -0.15) is 0 Å². The third kappa shape index (κ3) is 2.43. The smallest absolute Gasteiger partial charge is 0.157 e. The van der Waals surface area contributed by atoms with Gasteiger partial charge in [0.05, 0.1) is 0 Å². The molecule has 0 amide bonds. The van der Waals surface area contributed by atoms with Gasteiger partial charge in [-0.05, 0) is 39.0 Å². The fraction of sp³-hybridized carbons (Fsp3) is 0.929. The van der Waals surface area contributed by atoms with E-state index in [1.165, 1.54) is 12.8 Å². The number of piperidine rings is 1. The normalized spacial score (nSPS) is 26.7. The van der Waals surface area contributed by atoms with Crippen LogP contribution in [0.15, 0.2) is 0 Å². The average molecular weight is 210 g/mol. The Hall–Kier alpha value is -0.330. The summed E-state index contributed by atoms with van der Waals surface area (Å²) < 4.78 is 2.31. The molecule has 0 N–H and O–H groups in total. The van der Waals surface area contributed by atoms with Crippen LogP contribution in [0.5, 0.6) is 0 Å². The van der Waals surface area contributed by atoms with Crippen LogP contribution in [0.25, 0.3) is 0 Å². The van der Waals surface area contributed by atoms with Crippen molar-refractivity contribution in [3.8, 4) is 0 Å². The Balaban J connectivity index is 3.00. The Morgan fingerprint density at radius 3 is 1.60 bits per heavy atom. The minimum absolute atomic E-state index is 0.222. The van der Waals surface area contributed by atoms with Crippen molar-refractivity contribution in [2.24, 2.45) is 11.3 Å². The molecule has 0 aliphatic carbocycles. The monoisotopic (exact) mass is 210 g/mol. The summed E-state index contributed by atoms with van der Waals surface area (Å²) in [4.78, 5) is 0. The molecule has 1 aliphatic rings. The van der Waals surface area contributed by atoms with Crippen molar-refractivity contribution in [2.45, 2.75) is 72.4 Å². The van der Waals surface area contributed by atoms with Gasteiger partial charge in [-0.25, -0.2) is 4.58 Å². The maximum Gasteiger partial charge on any atom is 0.157 e. The maximum atomic E-state index is 4.25. The molecule has 0 spiro atoms. The lowest BCUT2D eigenvalue weighted by atomic mass is 9.65. The Morgan fingerprint density at radius 2 is 1.33 bits per heavy atom. The Morgan fingerprint density at radius 1 is 1.00 bits per heavy atom. The Labute approximate surface area is 95.6 Å². The molecule has 0 aromatic heterocycles. The first-order valence-electron chi connectivity index (χ1n) is 6.08. The first kappa shape index (κ1) is 12.7. The summed E-state index contributed by atoms with van der Waals surface area (Å²) in [6.07, 6.45) is 2.51. The second-order valence-corrected chi connectivity index (χ2v) is 7.52. The van der Waals surface area contributed by atoms with E-state index >= 15 is 0 Å². The van der Waals surface area contributed by atoms with Gasteiger partial charge in [0.1, 0.15) is 6.72 Å². The van der Waals surface area contributed by atoms with Crippen LogP contribution in [0.4, 0.5) is 0 Å². The Bertz CT molecular complexity index is 246. The largest absolute Gasteiger partial charge is 0.233 e. The van der Waals surface area contributed by atoms with Crippen molar-refractivity contribution < 1.29 is 4.58 Å². The van der Waals surface area contributed by atoms with Crippen LogP contribution in [-0.4, -0.2) is 22.4 Å². The summed E-state index contributed by atoms with van der Waals surface area (Å²) in [5.74, 6) is 0.792. The molecule has 1 saturated heterocycles. The molecular weight excluding hydrogens is 182 g/mol. The summed E-state index contributed by atoms with van der Waals surface area (Å²) in [7, 11) is 0. The zero-order chi connectivity index (χ0) is 12.1. The molecular formula is C14H28N+. The SMILES string of the molecule is C=[N+]1C(C)(C)CC(C(C)(C)C)CC1(C)C. The van der Waals surface area contributed by atoms with Crippen molar-refractivity contribution in [3.63, 3.8) is 0 Å². The minimum Gasteiger partial charge on any atom is -0.233 e. The first-order valence-corrected chi connectivity index (χ1v) is 6.08. The summed E-state index contributed by atoms with van der Waals surface area (Å²) in [5, 5.41) is 0. The molecule has 0 saturated carbocycles. The highest BCUT2D eigenvalue weighted by Crippen LogP contribution is 2.45. The second-order valence-electron chi connectivity index (χ2n) is 7.52. The number of nitrogens with zero attached hydrogens (tertiary/aromatic N) is 1. The first-order chi connectivity index (χ1) is 6.47. The van der Waals surface area contributed by atoms with Crippen molar-refractivity contribution in [2.75, 3.05) is 0 Å². The topological polar surface area (TPSA) is 3.01 Å². The summed E-state index contributed by atoms with van der Waals surface area (Å²) in [6, 6.07) is 0. The van der Waals surface area contributed by atoms with E-state index < -0.39 is 0 Å². The lowest BCUT2D eigenvalue weighted by Crippen LogP contribution is -2.56. The van der Waals surface area contributed by atoms with Crippen LogP contribution in [0.1, 0.15) is 61.3 Å². The predicted octanol–water partition coefficient (Wildman–Crippen LogP) is 3.71. The van der Waals surface area contributed by atoms with Gasteiger partial charge < -0.3 is 0 Å². The van der Waals surface area contributed by atoms with Crippen molar-refractivity contribution in [1.82, 2.24) is 0 Å². The zero-order valence-corrected chi connectivity index (χ0v) is 11.6. The number of hydrogen-bond donors (Lipinski definition) is 0. The highest BCUT2D eigenvalue weighted by atomic mass is 15.1. The van der Waals surface area contributed by atoms with Crippen molar-refractivity contribution >= 4 is 6.72 Å². The van der Waals surface area contributed by atoms with E-state index in [-0.39, 0.29) is 11.1 Å². The predicted molar refractivity (Wildman–Crippen MR) is 67.7 cm³/mol. The van der Waals surface area contributed by atoms with Crippen LogP contribution in [0, 0.1) is 11.3 Å². The molecule has 1 aliphatic heterocycles. The van der Waals surface area contributed by atoms with Crippen LogP contribution in [-0.2, 0) is 0 Å². The molecule has 0 unspecified atom stereocenters. The molecule has 15 heavy (non-hydrogen) atoms. The molecule has 0 bridgehead atoms. The molecule has 1 fully saturated rings. The van der Waals surface area contributed by atoms with Crippen molar-refractivity contribution in [3.05, 3.63) is 0 Å². The molecule has 0 radical (unpaired) electrons. The van der Waals surface area contributed by atoms with E-state index in [9.17, 15) is 0 Å². The molecule has 0 aromatic carbocycles. The summed E-state index contributed by atoms with van der Waals surface area (Å²) in [5.41, 5.74) is 0.856. The molecule has 1 heteroatoms. The molecule has 1 nitrogen and oxygen atoms in total. The van der Waals surface area contributed by atoms with Crippen LogP contribution in [0.2, 0.25) is 0 Å². The van der Waals surface area contributed by atoms with Crippen LogP contribution >= 0.6 is 0 Å². The molecule has 1 heterocycles. The van der Waals surface area contributed by atoms with Gasteiger partial charge >= 0.3 is 0 Å². The maximum absolute atomic E-state index is 4.25. The average Bonchev–Trinajstić information content (AvgIpc) is 1.97. The molecule has 0 atom stereocenters. The standard InChI is InChI=1S/C14H28N/c1-12(2,3)11-9-13(4,5)15(8)14(6,7)10-11/h11H,8-10H2,1-7H3/q+1. The van der Waals surface area contributed by atoms with Gasteiger partial charge in [-0.3, -0.25) is 0 Å². The van der Waals surface area contributed by atoms with E-state index in [0.717, 1.165) is 5.92 Å². The quantitative estimate of drug-likeness (QED) is 0.536. The highest BCUT2D eigenvalue weighted by Gasteiger charge is 2.50. The van der Waals surface area contributed by atoms with Gasteiger partial charge in [-0.15, -0.1) is 0 Å². The second kappa shape index (κ2) is 3.33. The van der Waals surface area contributed by atoms with E-state index in [1.807, 2.05) is 0 Å². The van der Waals surface area contributed by atoms with E-state index in [2.05, 4.69) is 59.8 Å². The lowest BCUT2D eigenvalue weighted by Gasteiger charge is -2.46. The van der Waals surface area contributed by atoms with Crippen molar-refractivity contribution in [1.29, 1.82) is 0 Å². The third-order valence-electron chi connectivity index (χ3n) is 4.18. The third-order valence-corrected chi connectivity index (χ3v) is 4.18. The molecule has 88 valence electrons. The fourth-order valence-electron chi connectivity index (χ4n) is 2.93. The summed E-state index contributed by atoms with van der Waals surface area (Å²) in [6.45, 7) is 20.6. The van der Waals surface area contributed by atoms with Crippen LogP contribution < -0.4 is 0 Å². The van der Waals surface area contributed by atoms with Gasteiger partial charge in [0.15, 0.2) is 11.1 Å². The number of rotatable bonds is 0. The van der Waals surface area contributed by atoms with Gasteiger partial charge in [0, 0.05) is 12.8 Å². The lowest BCUT2D eigenvalue weighted by molar-refractivity contribution is -0.673. The van der Waals surface area contributed by atoms with E-state index in [1.54, 1.807) is 0 Å². The van der Waals surface area contributed by atoms with Gasteiger partial charge in [-0.1, -0.05) is 20.8 Å². The molecule has 1 rings (SSSR count). The number of hydrogen-bond acceptors (Lipinski definition) is 0. The van der Waals surface area contributed by atoms with Gasteiger partial charge in [0.2, 0.25) is 0 Å². The fourth-order valence-corrected chi connectivity index (χ4v) is 2.93. The van der Waals surface area contributed by atoms with Crippen LogP contribution in [0.3, 0.4) is 0 Å². The minimum atomic E-state index is 0.222. The van der Waals surface area contributed by atoms with E-state index in [4.69, 9.17) is 0 Å². The Kier molecular flexibility index (Phi) is 2.83. The zero-order valence-electron chi connectivity index (χ0n) is 11.6. The van der Waals surface area contributed by atoms with Gasteiger partial charge in [0.25, 0.3) is 0 Å². The van der Waals surface area contributed by atoms with E-state index in [0.29, 0.717) is 5.41 Å². The molecule has 0 aromatic rings. The summed E-state index contributed by atoms with van der Waals surface area (Å²) >= 11 is 0.